The molecule has 1 saturated heterocycles. The third-order valence-corrected chi connectivity index (χ3v) is 6.79. The summed E-state index contributed by atoms with van der Waals surface area (Å²) in [6.07, 6.45) is -2.78. The van der Waals surface area contributed by atoms with Gasteiger partial charge < -0.3 is 14.4 Å². The molecule has 3 heterocycles. The zero-order valence-electron chi connectivity index (χ0n) is 18.8. The van der Waals surface area contributed by atoms with E-state index in [9.17, 15) is 22.4 Å². The highest BCUT2D eigenvalue weighted by atomic mass is 19.4. The summed E-state index contributed by atoms with van der Waals surface area (Å²) in [6.45, 7) is 1.02. The molecule has 2 bridgehead atoms. The molecule has 0 spiro atoms. The number of aromatic nitrogens is 2. The van der Waals surface area contributed by atoms with Crippen LogP contribution >= 0.6 is 0 Å². The molecule has 0 unspecified atom stereocenters. The molecule has 3 aromatic rings. The Labute approximate surface area is 198 Å². The topological polar surface area (TPSA) is 64.5 Å². The van der Waals surface area contributed by atoms with E-state index in [4.69, 9.17) is 9.47 Å². The zero-order valence-corrected chi connectivity index (χ0v) is 18.8. The third kappa shape index (κ3) is 4.37. The molecule has 0 radical (unpaired) electrons. The molecule has 2 fully saturated rings. The molecule has 1 aliphatic carbocycles. The molecule has 35 heavy (non-hydrogen) atoms. The maximum atomic E-state index is 13.7. The van der Waals surface area contributed by atoms with Crippen LogP contribution in [0.2, 0.25) is 0 Å². The second-order valence-corrected chi connectivity index (χ2v) is 8.86. The van der Waals surface area contributed by atoms with Crippen molar-refractivity contribution in [3.05, 3.63) is 59.8 Å². The Morgan fingerprint density at radius 3 is 2.66 bits per heavy atom. The molecule has 1 saturated carbocycles. The van der Waals surface area contributed by atoms with Crippen molar-refractivity contribution >= 4 is 16.8 Å². The van der Waals surface area contributed by atoms with E-state index in [1.165, 1.54) is 6.07 Å². The lowest BCUT2D eigenvalue weighted by molar-refractivity contribution is -0.137. The third-order valence-electron chi connectivity index (χ3n) is 6.79. The summed E-state index contributed by atoms with van der Waals surface area (Å²) in [5, 5.41) is 0.752. The highest BCUT2D eigenvalue weighted by Gasteiger charge is 2.53. The summed E-state index contributed by atoms with van der Waals surface area (Å²) in [5.41, 5.74) is 0.0132. The van der Waals surface area contributed by atoms with Crippen LogP contribution in [0.5, 0.6) is 11.8 Å². The molecule has 10 heteroatoms. The van der Waals surface area contributed by atoms with Crippen LogP contribution in [-0.4, -0.2) is 52.2 Å². The van der Waals surface area contributed by atoms with Gasteiger partial charge >= 0.3 is 6.18 Å². The number of hydrogen-bond acceptors (Lipinski definition) is 5. The Balaban J connectivity index is 1.41. The van der Waals surface area contributed by atoms with Crippen molar-refractivity contribution in [3.8, 4) is 11.8 Å². The van der Waals surface area contributed by atoms with Crippen LogP contribution in [0.4, 0.5) is 17.6 Å². The average Bonchev–Trinajstić information content (AvgIpc) is 3.39. The van der Waals surface area contributed by atoms with Crippen LogP contribution in [0.1, 0.15) is 35.7 Å². The fraction of sp³-hybridized carbons (Fsp3) is 0.400. The minimum Gasteiger partial charge on any atom is -0.474 e. The Hall–Kier alpha value is -3.43. The smallest absolute Gasteiger partial charge is 0.417 e. The van der Waals surface area contributed by atoms with Crippen molar-refractivity contribution in [2.24, 2.45) is 5.92 Å². The predicted molar refractivity (Wildman–Crippen MR) is 119 cm³/mol. The van der Waals surface area contributed by atoms with Crippen molar-refractivity contribution in [3.63, 3.8) is 0 Å². The molecular formula is C25H23F4N3O3. The van der Waals surface area contributed by atoms with Gasteiger partial charge in [0.15, 0.2) is 0 Å². The van der Waals surface area contributed by atoms with Gasteiger partial charge in [-0.3, -0.25) is 4.79 Å². The number of para-hydroxylation sites is 1. The number of carbonyl (C=O) groups is 1. The first-order chi connectivity index (χ1) is 16.8. The molecule has 4 atom stereocenters. The molecule has 1 amide bonds. The second-order valence-electron chi connectivity index (χ2n) is 8.86. The van der Waals surface area contributed by atoms with E-state index in [1.807, 2.05) is 25.1 Å². The monoisotopic (exact) mass is 489 g/mol. The maximum absolute atomic E-state index is 13.7. The number of rotatable bonds is 6. The molecule has 0 N–H and O–H groups in total. The number of alkyl halides is 4. The Bertz CT molecular complexity index is 1230. The normalized spacial score (nSPS) is 23.6. The number of hydrogen-bond donors (Lipinski definition) is 0. The lowest BCUT2D eigenvalue weighted by atomic mass is 9.98. The molecule has 2 aliphatic rings. The van der Waals surface area contributed by atoms with Gasteiger partial charge in [-0.1, -0.05) is 18.2 Å². The van der Waals surface area contributed by atoms with E-state index in [0.717, 1.165) is 17.6 Å². The van der Waals surface area contributed by atoms with E-state index in [-0.39, 0.29) is 47.8 Å². The number of halogens is 4. The highest BCUT2D eigenvalue weighted by Crippen LogP contribution is 2.45. The molecule has 2 aromatic heterocycles. The fourth-order valence-corrected chi connectivity index (χ4v) is 5.10. The standard InChI is InChI=1S/C25H23F4N3O3/c1-14-16-11-20(21(12-16)35-22-7-6-17(13-30-22)25(27,28)29)32(14)24(33)18-10-15-4-2-3-5-19(15)31-23(18)34-9-8-26/h2-7,10,13-14,16,20-21H,8-9,11-12H2,1H3/t14-,16-,20+,21-/m1/s1. The van der Waals surface area contributed by atoms with Crippen LogP contribution in [-0.2, 0) is 6.18 Å². The number of pyridine rings is 2. The predicted octanol–water partition coefficient (Wildman–Crippen LogP) is 5.07. The second kappa shape index (κ2) is 8.98. The summed E-state index contributed by atoms with van der Waals surface area (Å²) in [7, 11) is 0. The van der Waals surface area contributed by atoms with Crippen molar-refractivity contribution in [2.75, 3.05) is 13.3 Å². The first-order valence-corrected chi connectivity index (χ1v) is 11.4. The van der Waals surface area contributed by atoms with Crippen molar-refractivity contribution in [2.45, 2.75) is 44.1 Å². The van der Waals surface area contributed by atoms with E-state index in [1.54, 1.807) is 17.0 Å². The van der Waals surface area contributed by atoms with E-state index in [0.29, 0.717) is 18.4 Å². The quantitative estimate of drug-likeness (QED) is 0.453. The Morgan fingerprint density at radius 2 is 1.97 bits per heavy atom. The van der Waals surface area contributed by atoms with Crippen LogP contribution in [0.3, 0.4) is 0 Å². The lowest BCUT2D eigenvalue weighted by Crippen LogP contribution is -2.51. The number of piperidine rings is 1. The van der Waals surface area contributed by atoms with Gasteiger partial charge in [-0.05, 0) is 43.9 Å². The van der Waals surface area contributed by atoms with Crippen LogP contribution < -0.4 is 9.47 Å². The number of ether oxygens (including phenoxy) is 2. The highest BCUT2D eigenvalue weighted by molar-refractivity contribution is 6.00. The van der Waals surface area contributed by atoms with Gasteiger partial charge in [-0.15, -0.1) is 0 Å². The molecule has 5 rings (SSSR count). The number of benzene rings is 1. The maximum Gasteiger partial charge on any atom is 0.417 e. The van der Waals surface area contributed by atoms with Gasteiger partial charge in [0.25, 0.3) is 5.91 Å². The molecule has 6 nitrogen and oxygen atoms in total. The first-order valence-electron chi connectivity index (χ1n) is 11.4. The number of nitrogens with zero attached hydrogens (tertiary/aromatic N) is 3. The number of carbonyl (C=O) groups excluding carboxylic acids is 1. The Morgan fingerprint density at radius 1 is 1.17 bits per heavy atom. The van der Waals surface area contributed by atoms with E-state index in [2.05, 4.69) is 9.97 Å². The van der Waals surface area contributed by atoms with Gasteiger partial charge in [-0.2, -0.15) is 13.2 Å². The number of amides is 1. The SMILES string of the molecule is C[C@@H]1[C@H]2C[C@@H](Oc3ccc(C(F)(F)F)cn3)[C@H](C2)N1C(=O)c1cc2ccccc2nc1OCCF. The zero-order chi connectivity index (χ0) is 24.7. The summed E-state index contributed by atoms with van der Waals surface area (Å²) in [5.74, 6) is 0.0240. The van der Waals surface area contributed by atoms with Gasteiger partial charge in [0.05, 0.1) is 17.1 Å². The number of likely N-dealkylation sites (tertiary alicyclic amines) is 1. The van der Waals surface area contributed by atoms with Gasteiger partial charge in [0, 0.05) is 23.7 Å². The summed E-state index contributed by atoms with van der Waals surface area (Å²) in [6, 6.07) is 10.7. The van der Waals surface area contributed by atoms with E-state index < -0.39 is 24.5 Å². The van der Waals surface area contributed by atoms with Gasteiger partial charge in [0.2, 0.25) is 11.8 Å². The summed E-state index contributed by atoms with van der Waals surface area (Å²) in [4.78, 5) is 23.7. The molecule has 1 aliphatic heterocycles. The van der Waals surface area contributed by atoms with Crippen molar-refractivity contribution < 1.29 is 31.8 Å². The average molecular weight is 489 g/mol. The van der Waals surface area contributed by atoms with Crippen LogP contribution in [0.15, 0.2) is 48.7 Å². The van der Waals surface area contributed by atoms with Crippen LogP contribution in [0, 0.1) is 5.92 Å². The van der Waals surface area contributed by atoms with Crippen molar-refractivity contribution in [1.29, 1.82) is 0 Å². The lowest BCUT2D eigenvalue weighted by Gasteiger charge is -2.37. The fourth-order valence-electron chi connectivity index (χ4n) is 5.10. The van der Waals surface area contributed by atoms with E-state index >= 15 is 0 Å². The van der Waals surface area contributed by atoms with Crippen LogP contribution in [0.25, 0.3) is 10.9 Å². The molecule has 1 aromatic carbocycles. The number of fused-ring (bicyclic) bond motifs is 3. The van der Waals surface area contributed by atoms with Gasteiger partial charge in [-0.25, -0.2) is 14.4 Å². The minimum absolute atomic E-state index is 0.0724. The summed E-state index contributed by atoms with van der Waals surface area (Å²) >= 11 is 0. The molecular weight excluding hydrogens is 466 g/mol. The largest absolute Gasteiger partial charge is 0.474 e. The minimum atomic E-state index is -4.48. The summed E-state index contributed by atoms with van der Waals surface area (Å²) < 4.78 is 62.8. The Kier molecular flexibility index (Phi) is 5.98. The van der Waals surface area contributed by atoms with Gasteiger partial charge in [0.1, 0.15) is 24.9 Å². The van der Waals surface area contributed by atoms with Crippen molar-refractivity contribution in [1.82, 2.24) is 14.9 Å². The first kappa shape index (κ1) is 23.3. The molecule has 184 valence electrons.